The molecule has 1 aromatic heterocycles. The Hall–Kier alpha value is -2.35. The minimum Gasteiger partial charge on any atom is -0.467 e. The van der Waals surface area contributed by atoms with Gasteiger partial charge in [-0.1, -0.05) is 0 Å². The van der Waals surface area contributed by atoms with Crippen LogP contribution in [-0.4, -0.2) is 47.9 Å². The van der Waals surface area contributed by atoms with E-state index in [9.17, 15) is 14.4 Å². The van der Waals surface area contributed by atoms with E-state index >= 15 is 0 Å². The summed E-state index contributed by atoms with van der Waals surface area (Å²) in [6.07, 6.45) is 3.30. The smallest absolute Gasteiger partial charge is 0.322 e. The van der Waals surface area contributed by atoms with Crippen LogP contribution in [0.15, 0.2) is 22.8 Å². The molecule has 3 rings (SSSR count). The number of carbonyl (C=O) groups excluding carboxylic acids is 3. The number of likely N-dealkylation sites (tertiary alicyclic amines) is 1. The molecule has 0 unspecified atom stereocenters. The molecule has 2 fully saturated rings. The van der Waals surface area contributed by atoms with Gasteiger partial charge in [0, 0.05) is 12.5 Å². The maximum absolute atomic E-state index is 12.3. The number of furan rings is 1. The molecule has 136 valence electrons. The molecule has 25 heavy (non-hydrogen) atoms. The number of nitrogens with zero attached hydrogens (tertiary/aromatic N) is 1. The van der Waals surface area contributed by atoms with Gasteiger partial charge >= 0.3 is 6.03 Å². The fraction of sp³-hybridized carbons (Fsp3) is 0.588. The molecule has 0 spiro atoms. The molecule has 0 radical (unpaired) electrons. The summed E-state index contributed by atoms with van der Waals surface area (Å²) in [5.74, 6) is 0.306. The Bertz CT molecular complexity index is 660. The Morgan fingerprint density at radius 2 is 2.32 bits per heavy atom. The molecule has 3 heterocycles. The standard InChI is InChI=1S/C17H24N4O4/c1-11(13-6-4-8-25-13)18-14(22)10-21-7-3-5-12(9-21)17(2)15(23)19-16(24)20-17/h4,6,8,11-12H,3,5,7,9-10H2,1-2H3,(H,18,22)(H2,19,20,23,24)/t11-,12-,17-/m0/s1. The Labute approximate surface area is 146 Å². The lowest BCUT2D eigenvalue weighted by molar-refractivity contribution is -0.126. The van der Waals surface area contributed by atoms with Crippen molar-refractivity contribution in [3.63, 3.8) is 0 Å². The first kappa shape index (κ1) is 17.5. The highest BCUT2D eigenvalue weighted by Gasteiger charge is 2.48. The van der Waals surface area contributed by atoms with Crippen LogP contribution in [0.5, 0.6) is 0 Å². The van der Waals surface area contributed by atoms with Crippen LogP contribution in [0.25, 0.3) is 0 Å². The van der Waals surface area contributed by atoms with E-state index in [1.165, 1.54) is 0 Å². The van der Waals surface area contributed by atoms with E-state index in [1.807, 2.05) is 17.9 Å². The number of piperidine rings is 1. The average molecular weight is 348 g/mol. The van der Waals surface area contributed by atoms with Gasteiger partial charge in [0.25, 0.3) is 5.91 Å². The third-order valence-corrected chi connectivity index (χ3v) is 5.11. The highest BCUT2D eigenvalue weighted by Crippen LogP contribution is 2.29. The van der Waals surface area contributed by atoms with E-state index in [0.717, 1.165) is 19.4 Å². The molecule has 0 bridgehead atoms. The molecule has 2 aliphatic heterocycles. The summed E-state index contributed by atoms with van der Waals surface area (Å²) in [7, 11) is 0. The number of hydrogen-bond donors (Lipinski definition) is 3. The molecular formula is C17H24N4O4. The van der Waals surface area contributed by atoms with Gasteiger partial charge < -0.3 is 15.1 Å². The van der Waals surface area contributed by atoms with Crippen molar-refractivity contribution in [2.45, 2.75) is 38.3 Å². The number of urea groups is 1. The second-order valence-corrected chi connectivity index (χ2v) is 6.99. The Morgan fingerprint density at radius 1 is 1.52 bits per heavy atom. The van der Waals surface area contributed by atoms with E-state index in [0.29, 0.717) is 12.3 Å². The molecule has 0 saturated carbocycles. The van der Waals surface area contributed by atoms with Gasteiger partial charge in [-0.05, 0) is 45.4 Å². The molecule has 4 amide bonds. The van der Waals surface area contributed by atoms with Crippen LogP contribution in [0.3, 0.4) is 0 Å². The predicted octanol–water partition coefficient (Wildman–Crippen LogP) is 0.767. The average Bonchev–Trinajstić information content (AvgIpc) is 3.17. The van der Waals surface area contributed by atoms with Gasteiger partial charge in [0.05, 0.1) is 18.8 Å². The van der Waals surface area contributed by atoms with Crippen LogP contribution in [0.2, 0.25) is 0 Å². The summed E-state index contributed by atoms with van der Waals surface area (Å²) < 4.78 is 5.29. The number of hydrogen-bond acceptors (Lipinski definition) is 5. The van der Waals surface area contributed by atoms with Crippen LogP contribution in [0.4, 0.5) is 4.79 Å². The van der Waals surface area contributed by atoms with Crippen LogP contribution in [0.1, 0.15) is 38.5 Å². The molecule has 3 N–H and O–H groups in total. The van der Waals surface area contributed by atoms with Crippen molar-refractivity contribution in [3.05, 3.63) is 24.2 Å². The maximum Gasteiger partial charge on any atom is 0.322 e. The van der Waals surface area contributed by atoms with Crippen LogP contribution in [-0.2, 0) is 9.59 Å². The summed E-state index contributed by atoms with van der Waals surface area (Å²) in [4.78, 5) is 37.9. The fourth-order valence-corrected chi connectivity index (χ4v) is 3.61. The number of rotatable bonds is 5. The zero-order valence-corrected chi connectivity index (χ0v) is 14.5. The number of nitrogens with one attached hydrogen (secondary N) is 3. The third-order valence-electron chi connectivity index (χ3n) is 5.11. The molecule has 0 aliphatic carbocycles. The van der Waals surface area contributed by atoms with Crippen molar-refractivity contribution >= 4 is 17.8 Å². The quantitative estimate of drug-likeness (QED) is 0.682. The lowest BCUT2D eigenvalue weighted by Crippen LogP contribution is -2.56. The Morgan fingerprint density at radius 3 is 2.96 bits per heavy atom. The topological polar surface area (TPSA) is 104 Å². The summed E-state index contributed by atoms with van der Waals surface area (Å²) in [5, 5.41) is 7.96. The Balaban J connectivity index is 1.56. The number of amides is 4. The van der Waals surface area contributed by atoms with E-state index in [2.05, 4.69) is 16.0 Å². The zero-order valence-electron chi connectivity index (χ0n) is 14.5. The SMILES string of the molecule is C[C@H](NC(=O)CN1CCC[C@H]([C@]2(C)NC(=O)NC2=O)C1)c1ccco1. The zero-order chi connectivity index (χ0) is 18.0. The summed E-state index contributed by atoms with van der Waals surface area (Å²) >= 11 is 0. The van der Waals surface area contributed by atoms with Gasteiger partial charge in [0.1, 0.15) is 11.3 Å². The minimum absolute atomic E-state index is 0.0250. The van der Waals surface area contributed by atoms with E-state index in [1.54, 1.807) is 19.3 Å². The van der Waals surface area contributed by atoms with Crippen molar-refractivity contribution < 1.29 is 18.8 Å². The highest BCUT2D eigenvalue weighted by atomic mass is 16.3. The van der Waals surface area contributed by atoms with Crippen LogP contribution in [0, 0.1) is 5.92 Å². The van der Waals surface area contributed by atoms with Gasteiger partial charge in [0.2, 0.25) is 5.91 Å². The molecule has 3 atom stereocenters. The van der Waals surface area contributed by atoms with Crippen molar-refractivity contribution in [2.24, 2.45) is 5.92 Å². The minimum atomic E-state index is -0.909. The monoisotopic (exact) mass is 348 g/mol. The van der Waals surface area contributed by atoms with Crippen LogP contribution < -0.4 is 16.0 Å². The second-order valence-electron chi connectivity index (χ2n) is 6.99. The first-order valence-corrected chi connectivity index (χ1v) is 8.57. The second kappa shape index (κ2) is 6.87. The van der Waals surface area contributed by atoms with Gasteiger partial charge in [-0.15, -0.1) is 0 Å². The fourth-order valence-electron chi connectivity index (χ4n) is 3.61. The lowest BCUT2D eigenvalue weighted by atomic mass is 9.80. The molecule has 2 saturated heterocycles. The molecule has 1 aromatic rings. The summed E-state index contributed by atoms with van der Waals surface area (Å²) in [6.45, 7) is 5.26. The van der Waals surface area contributed by atoms with E-state index < -0.39 is 11.6 Å². The van der Waals surface area contributed by atoms with Gasteiger partial charge in [-0.25, -0.2) is 4.79 Å². The first-order valence-electron chi connectivity index (χ1n) is 8.57. The Kier molecular flexibility index (Phi) is 4.80. The summed E-state index contributed by atoms with van der Waals surface area (Å²) in [6, 6.07) is 2.97. The first-order chi connectivity index (χ1) is 11.9. The largest absolute Gasteiger partial charge is 0.467 e. The van der Waals surface area contributed by atoms with Crippen molar-refractivity contribution in [2.75, 3.05) is 19.6 Å². The lowest BCUT2D eigenvalue weighted by Gasteiger charge is -2.39. The van der Waals surface area contributed by atoms with Crippen LogP contribution >= 0.6 is 0 Å². The van der Waals surface area contributed by atoms with Crippen molar-refractivity contribution in [1.29, 1.82) is 0 Å². The molecular weight excluding hydrogens is 324 g/mol. The van der Waals surface area contributed by atoms with E-state index in [4.69, 9.17) is 4.42 Å². The van der Waals surface area contributed by atoms with Gasteiger partial charge in [0.15, 0.2) is 0 Å². The molecule has 0 aromatic carbocycles. The van der Waals surface area contributed by atoms with Gasteiger partial charge in [-0.3, -0.25) is 19.8 Å². The maximum atomic E-state index is 12.3. The van der Waals surface area contributed by atoms with Crippen molar-refractivity contribution in [3.8, 4) is 0 Å². The summed E-state index contributed by atoms with van der Waals surface area (Å²) in [5.41, 5.74) is -0.909. The van der Waals surface area contributed by atoms with Gasteiger partial charge in [-0.2, -0.15) is 0 Å². The highest BCUT2D eigenvalue weighted by molar-refractivity contribution is 6.07. The molecule has 8 nitrogen and oxygen atoms in total. The molecule has 2 aliphatic rings. The predicted molar refractivity (Wildman–Crippen MR) is 89.5 cm³/mol. The van der Waals surface area contributed by atoms with Crippen molar-refractivity contribution in [1.82, 2.24) is 20.9 Å². The number of carbonyl (C=O) groups is 3. The molecule has 8 heteroatoms. The third kappa shape index (κ3) is 3.68. The number of imide groups is 1. The normalized spacial score (nSPS) is 28.3. The van der Waals surface area contributed by atoms with E-state index in [-0.39, 0.29) is 30.3 Å².